The Labute approximate surface area is 157 Å². The number of benzene rings is 1. The number of rotatable bonds is 9. The number of amides is 2. The zero-order valence-corrected chi connectivity index (χ0v) is 16.0. The van der Waals surface area contributed by atoms with Crippen molar-refractivity contribution < 1.29 is 19.1 Å². The van der Waals surface area contributed by atoms with Crippen LogP contribution in [-0.4, -0.2) is 32.1 Å². The molecule has 0 radical (unpaired) electrons. The lowest BCUT2D eigenvalue weighted by Crippen LogP contribution is -2.32. The van der Waals surface area contributed by atoms with Crippen molar-refractivity contribution in [1.82, 2.24) is 10.6 Å². The van der Waals surface area contributed by atoms with E-state index in [1.165, 1.54) is 11.3 Å². The summed E-state index contributed by atoms with van der Waals surface area (Å²) in [5, 5.41) is 9.28. The molecule has 1 unspecified atom stereocenters. The van der Waals surface area contributed by atoms with Crippen LogP contribution in [0, 0.1) is 0 Å². The van der Waals surface area contributed by atoms with Gasteiger partial charge in [-0.15, -0.1) is 0 Å². The lowest BCUT2D eigenvalue weighted by Gasteiger charge is -2.17. The van der Waals surface area contributed by atoms with Crippen molar-refractivity contribution in [2.45, 2.75) is 26.3 Å². The first-order valence-corrected chi connectivity index (χ1v) is 9.40. The first-order valence-electron chi connectivity index (χ1n) is 8.45. The average molecular weight is 376 g/mol. The van der Waals surface area contributed by atoms with Gasteiger partial charge in [0.2, 0.25) is 5.91 Å². The van der Waals surface area contributed by atoms with E-state index in [0.29, 0.717) is 30.2 Å². The smallest absolute Gasteiger partial charge is 0.252 e. The first kappa shape index (κ1) is 19.8. The Balaban J connectivity index is 1.83. The Morgan fingerprint density at radius 3 is 2.69 bits per heavy atom. The average Bonchev–Trinajstić information content (AvgIpc) is 3.17. The molecule has 0 saturated heterocycles. The second kappa shape index (κ2) is 9.82. The molecule has 0 bridgehead atoms. The molecule has 0 aliphatic carbocycles. The molecule has 7 heteroatoms. The number of thiophene rings is 1. The summed E-state index contributed by atoms with van der Waals surface area (Å²) in [6.45, 7) is 4.66. The highest BCUT2D eigenvalue weighted by Gasteiger charge is 2.13. The standard InChI is InChI=1S/C19H24N2O4S/c1-4-25-16-6-5-14(11-17(16)24-3)13(2)21-18(22)7-9-20-19(23)15-8-10-26-12-15/h5-6,8,10-13H,4,7,9H2,1-3H3,(H,20,23)(H,21,22). The molecule has 0 spiro atoms. The second-order valence-corrected chi connectivity index (χ2v) is 6.43. The van der Waals surface area contributed by atoms with E-state index >= 15 is 0 Å². The first-order chi connectivity index (χ1) is 12.5. The van der Waals surface area contributed by atoms with Gasteiger partial charge in [0.15, 0.2) is 11.5 Å². The molecule has 1 atom stereocenters. The minimum Gasteiger partial charge on any atom is -0.493 e. The third-order valence-corrected chi connectivity index (χ3v) is 4.47. The summed E-state index contributed by atoms with van der Waals surface area (Å²) in [6.07, 6.45) is 0.217. The number of carbonyl (C=O) groups excluding carboxylic acids is 2. The highest BCUT2D eigenvalue weighted by atomic mass is 32.1. The van der Waals surface area contributed by atoms with Crippen molar-refractivity contribution in [2.24, 2.45) is 0 Å². The van der Waals surface area contributed by atoms with E-state index in [4.69, 9.17) is 9.47 Å². The van der Waals surface area contributed by atoms with Crippen molar-refractivity contribution in [3.63, 3.8) is 0 Å². The van der Waals surface area contributed by atoms with Gasteiger partial charge >= 0.3 is 0 Å². The minimum absolute atomic E-state index is 0.129. The number of nitrogens with one attached hydrogen (secondary N) is 2. The molecule has 140 valence electrons. The topological polar surface area (TPSA) is 76.7 Å². The minimum atomic E-state index is -0.181. The van der Waals surface area contributed by atoms with Gasteiger partial charge in [0.25, 0.3) is 5.91 Å². The van der Waals surface area contributed by atoms with Crippen LogP contribution in [0.3, 0.4) is 0 Å². The highest BCUT2D eigenvalue weighted by molar-refractivity contribution is 7.08. The molecule has 0 aliphatic heterocycles. The van der Waals surface area contributed by atoms with Crippen molar-refractivity contribution in [3.8, 4) is 11.5 Å². The fourth-order valence-electron chi connectivity index (χ4n) is 2.41. The van der Waals surface area contributed by atoms with E-state index in [0.717, 1.165) is 5.56 Å². The number of methoxy groups -OCH3 is 1. The van der Waals surface area contributed by atoms with E-state index in [2.05, 4.69) is 10.6 Å². The Morgan fingerprint density at radius 1 is 1.23 bits per heavy atom. The summed E-state index contributed by atoms with van der Waals surface area (Å²) in [7, 11) is 1.58. The Bertz CT molecular complexity index is 731. The molecule has 6 nitrogen and oxygen atoms in total. The fraction of sp³-hybridized carbons (Fsp3) is 0.368. The lowest BCUT2D eigenvalue weighted by molar-refractivity contribution is -0.121. The van der Waals surface area contributed by atoms with E-state index < -0.39 is 0 Å². The van der Waals surface area contributed by atoms with Gasteiger partial charge in [-0.25, -0.2) is 0 Å². The molecule has 26 heavy (non-hydrogen) atoms. The predicted molar refractivity (Wildman–Crippen MR) is 102 cm³/mol. The fourth-order valence-corrected chi connectivity index (χ4v) is 3.05. The zero-order chi connectivity index (χ0) is 18.9. The lowest BCUT2D eigenvalue weighted by atomic mass is 10.1. The second-order valence-electron chi connectivity index (χ2n) is 5.65. The summed E-state index contributed by atoms with van der Waals surface area (Å²) < 4.78 is 10.8. The van der Waals surface area contributed by atoms with Crippen LogP contribution in [-0.2, 0) is 4.79 Å². The van der Waals surface area contributed by atoms with Crippen LogP contribution in [0.2, 0.25) is 0 Å². The number of ether oxygens (including phenoxy) is 2. The van der Waals surface area contributed by atoms with Crippen LogP contribution in [0.4, 0.5) is 0 Å². The van der Waals surface area contributed by atoms with Crippen molar-refractivity contribution in [2.75, 3.05) is 20.3 Å². The maximum Gasteiger partial charge on any atom is 0.252 e. The van der Waals surface area contributed by atoms with Crippen LogP contribution >= 0.6 is 11.3 Å². The van der Waals surface area contributed by atoms with E-state index in [-0.39, 0.29) is 24.3 Å². The quantitative estimate of drug-likeness (QED) is 0.705. The van der Waals surface area contributed by atoms with Gasteiger partial charge in [-0.3, -0.25) is 9.59 Å². The van der Waals surface area contributed by atoms with E-state index in [9.17, 15) is 9.59 Å². The molecule has 2 rings (SSSR count). The number of carbonyl (C=O) groups is 2. The molecule has 1 aromatic carbocycles. The largest absolute Gasteiger partial charge is 0.493 e. The Morgan fingerprint density at radius 2 is 2.04 bits per heavy atom. The molecule has 2 aromatic rings. The monoisotopic (exact) mass is 376 g/mol. The third-order valence-electron chi connectivity index (χ3n) is 3.79. The summed E-state index contributed by atoms with van der Waals surface area (Å²) in [4.78, 5) is 23.9. The van der Waals surface area contributed by atoms with Crippen LogP contribution in [0.25, 0.3) is 0 Å². The third kappa shape index (κ3) is 5.49. The predicted octanol–water partition coefficient (Wildman–Crippen LogP) is 3.15. The van der Waals surface area contributed by atoms with Crippen LogP contribution in [0.1, 0.15) is 42.2 Å². The molecule has 0 fully saturated rings. The van der Waals surface area contributed by atoms with Gasteiger partial charge in [-0.1, -0.05) is 6.07 Å². The maximum atomic E-state index is 12.1. The highest BCUT2D eigenvalue weighted by Crippen LogP contribution is 2.30. The van der Waals surface area contributed by atoms with Gasteiger partial charge < -0.3 is 20.1 Å². The van der Waals surface area contributed by atoms with Gasteiger partial charge in [0.05, 0.1) is 19.8 Å². The summed E-state index contributed by atoms with van der Waals surface area (Å²) in [5.74, 6) is 1.02. The normalized spacial score (nSPS) is 11.5. The summed E-state index contributed by atoms with van der Waals surface area (Å²) in [6, 6.07) is 7.16. The van der Waals surface area contributed by atoms with Crippen LogP contribution < -0.4 is 20.1 Å². The van der Waals surface area contributed by atoms with Gasteiger partial charge in [-0.2, -0.15) is 11.3 Å². The van der Waals surface area contributed by atoms with Crippen molar-refractivity contribution >= 4 is 23.2 Å². The molecule has 0 saturated carbocycles. The molecule has 2 amide bonds. The summed E-state index contributed by atoms with van der Waals surface area (Å²) >= 11 is 1.46. The Kier molecular flexibility index (Phi) is 7.47. The SMILES string of the molecule is CCOc1ccc(C(C)NC(=O)CCNC(=O)c2ccsc2)cc1OC. The molecule has 0 aliphatic rings. The summed E-state index contributed by atoms with van der Waals surface area (Å²) in [5.41, 5.74) is 1.53. The molecule has 2 N–H and O–H groups in total. The molecular formula is C19H24N2O4S. The molecule has 1 heterocycles. The van der Waals surface area contributed by atoms with Gasteiger partial charge in [0, 0.05) is 23.9 Å². The van der Waals surface area contributed by atoms with Gasteiger partial charge in [0.1, 0.15) is 0 Å². The number of hydrogen-bond donors (Lipinski definition) is 2. The van der Waals surface area contributed by atoms with Gasteiger partial charge in [-0.05, 0) is 43.0 Å². The Hall–Kier alpha value is -2.54. The van der Waals surface area contributed by atoms with E-state index in [1.807, 2.05) is 37.4 Å². The van der Waals surface area contributed by atoms with Crippen molar-refractivity contribution in [1.29, 1.82) is 0 Å². The van der Waals surface area contributed by atoms with Crippen LogP contribution in [0.15, 0.2) is 35.0 Å². The van der Waals surface area contributed by atoms with Crippen molar-refractivity contribution in [3.05, 3.63) is 46.2 Å². The molecule has 1 aromatic heterocycles. The zero-order valence-electron chi connectivity index (χ0n) is 15.2. The van der Waals surface area contributed by atoms with Crippen LogP contribution in [0.5, 0.6) is 11.5 Å². The van der Waals surface area contributed by atoms with E-state index in [1.54, 1.807) is 18.6 Å². The number of hydrogen-bond acceptors (Lipinski definition) is 5. The molecular weight excluding hydrogens is 352 g/mol. The maximum absolute atomic E-state index is 12.1.